The van der Waals surface area contributed by atoms with Gasteiger partial charge < -0.3 is 27.3 Å². The molecule has 8 N–H and O–H groups in total. The molecule has 29 heavy (non-hydrogen) atoms. The Morgan fingerprint density at radius 1 is 1.28 bits per heavy atom. The van der Waals surface area contributed by atoms with Gasteiger partial charge in [0.1, 0.15) is 11.8 Å². The molecule has 1 rings (SSSR count). The summed E-state index contributed by atoms with van der Waals surface area (Å²) < 4.78 is 44.2. The maximum atomic E-state index is 13.2. The third-order valence-electron chi connectivity index (χ3n) is 3.48. The van der Waals surface area contributed by atoms with Crippen LogP contribution in [-0.2, 0) is 15.8 Å². The van der Waals surface area contributed by atoms with Crippen LogP contribution in [0.15, 0.2) is 28.2 Å². The molecule has 0 bridgehead atoms. The van der Waals surface area contributed by atoms with Crippen LogP contribution in [0.4, 0.5) is 18.9 Å². The van der Waals surface area contributed by atoms with Crippen molar-refractivity contribution in [2.24, 2.45) is 27.2 Å². The van der Waals surface area contributed by atoms with Crippen molar-refractivity contribution < 1.29 is 27.5 Å². The molecule has 0 saturated carbocycles. The zero-order valence-electron chi connectivity index (χ0n) is 15.5. The number of guanidine groups is 1. The highest BCUT2D eigenvalue weighted by atomic mass is 19.4. The van der Waals surface area contributed by atoms with Gasteiger partial charge in [-0.05, 0) is 24.6 Å². The molecular weight excluding hydrogens is 395 g/mol. The SMILES string of the molecule is CC[C@@H](N=C(N)N=C(Nc1ccc(OC)c(C(F)(F)F)c1)C(=N)C(N)=O)C(N)=O. The predicted octanol–water partition coefficient (Wildman–Crippen LogP) is 0.608. The van der Waals surface area contributed by atoms with Gasteiger partial charge in [0.15, 0.2) is 11.5 Å². The molecule has 0 aliphatic rings. The Bertz CT molecular complexity index is 866. The van der Waals surface area contributed by atoms with Crippen molar-refractivity contribution in [2.75, 3.05) is 12.4 Å². The minimum absolute atomic E-state index is 0.183. The van der Waals surface area contributed by atoms with Crippen LogP contribution in [0.1, 0.15) is 18.9 Å². The Balaban J connectivity index is 3.38. The van der Waals surface area contributed by atoms with Gasteiger partial charge in [-0.15, -0.1) is 0 Å². The number of nitrogens with zero attached hydrogens (tertiary/aromatic N) is 2. The lowest BCUT2D eigenvalue weighted by molar-refractivity contribution is -0.138. The number of primary amides is 2. The summed E-state index contributed by atoms with van der Waals surface area (Å²) in [6.07, 6.45) is -4.52. The maximum Gasteiger partial charge on any atom is 0.420 e. The number of rotatable bonds is 7. The van der Waals surface area contributed by atoms with E-state index in [2.05, 4.69) is 20.0 Å². The molecule has 0 aromatic heterocycles. The standard InChI is InChI=1S/C16H20F3N7O3/c1-3-9(12(21)27)25-15(23)26-14(11(20)13(22)28)24-7-4-5-10(29-2)8(6-7)16(17,18)19/h4-6,9,20H,3H2,1-2H3,(H2,21,27)(H2,22,28)(H3,23,24,25,26)/t9-/m1/s1. The van der Waals surface area contributed by atoms with Crippen LogP contribution in [0, 0.1) is 5.41 Å². The van der Waals surface area contributed by atoms with Gasteiger partial charge >= 0.3 is 6.18 Å². The van der Waals surface area contributed by atoms with Crippen molar-refractivity contribution in [1.29, 1.82) is 5.41 Å². The quantitative estimate of drug-likeness (QED) is 0.322. The fourth-order valence-electron chi connectivity index (χ4n) is 2.07. The molecular formula is C16H20F3N7O3. The number of aliphatic imine (C=N–C) groups is 2. The average molecular weight is 415 g/mol. The van der Waals surface area contributed by atoms with E-state index in [-0.39, 0.29) is 12.1 Å². The summed E-state index contributed by atoms with van der Waals surface area (Å²) in [7, 11) is 1.08. The molecule has 0 heterocycles. The van der Waals surface area contributed by atoms with E-state index >= 15 is 0 Å². The van der Waals surface area contributed by atoms with Crippen LogP contribution < -0.4 is 27.3 Å². The number of amides is 2. The third kappa shape index (κ3) is 6.48. The monoisotopic (exact) mass is 415 g/mol. The highest BCUT2D eigenvalue weighted by molar-refractivity contribution is 6.67. The lowest BCUT2D eigenvalue weighted by atomic mass is 10.1. The van der Waals surface area contributed by atoms with Gasteiger partial charge in [0.25, 0.3) is 5.91 Å². The molecule has 2 amide bonds. The summed E-state index contributed by atoms with van der Waals surface area (Å²) in [5.41, 5.74) is 13.6. The number of benzene rings is 1. The maximum absolute atomic E-state index is 13.2. The minimum Gasteiger partial charge on any atom is -0.496 e. The fraction of sp³-hybridized carbons (Fsp3) is 0.312. The molecule has 158 valence electrons. The Hall–Kier alpha value is -3.64. The van der Waals surface area contributed by atoms with E-state index in [1.165, 1.54) is 6.07 Å². The zero-order chi connectivity index (χ0) is 22.4. The van der Waals surface area contributed by atoms with Gasteiger partial charge in [-0.3, -0.25) is 15.0 Å². The molecule has 0 aliphatic heterocycles. The summed E-state index contributed by atoms with van der Waals surface area (Å²) in [4.78, 5) is 30.0. The number of anilines is 1. The van der Waals surface area contributed by atoms with Crippen LogP contribution in [0.5, 0.6) is 5.75 Å². The van der Waals surface area contributed by atoms with Crippen LogP contribution in [0.3, 0.4) is 0 Å². The largest absolute Gasteiger partial charge is 0.496 e. The van der Waals surface area contributed by atoms with Gasteiger partial charge in [-0.1, -0.05) is 6.92 Å². The molecule has 0 radical (unpaired) electrons. The van der Waals surface area contributed by atoms with Crippen molar-refractivity contribution in [2.45, 2.75) is 25.6 Å². The van der Waals surface area contributed by atoms with Crippen molar-refractivity contribution in [3.8, 4) is 5.75 Å². The van der Waals surface area contributed by atoms with Crippen LogP contribution >= 0.6 is 0 Å². The van der Waals surface area contributed by atoms with E-state index in [4.69, 9.17) is 22.6 Å². The minimum atomic E-state index is -4.73. The highest BCUT2D eigenvalue weighted by Crippen LogP contribution is 2.37. The van der Waals surface area contributed by atoms with E-state index in [1.54, 1.807) is 6.92 Å². The molecule has 0 fully saturated rings. The molecule has 10 nitrogen and oxygen atoms in total. The number of halogens is 3. The number of hydrogen-bond acceptors (Lipinski definition) is 5. The van der Waals surface area contributed by atoms with E-state index in [0.717, 1.165) is 13.2 Å². The average Bonchev–Trinajstić information content (AvgIpc) is 2.63. The smallest absolute Gasteiger partial charge is 0.420 e. The molecule has 0 aliphatic carbocycles. The number of amidine groups is 1. The normalized spacial score (nSPS) is 13.6. The van der Waals surface area contributed by atoms with E-state index in [9.17, 15) is 22.8 Å². The van der Waals surface area contributed by atoms with E-state index in [0.29, 0.717) is 6.07 Å². The summed E-state index contributed by atoms with van der Waals surface area (Å²) in [5, 5.41) is 10.1. The van der Waals surface area contributed by atoms with Crippen molar-refractivity contribution in [3.63, 3.8) is 0 Å². The second kappa shape index (κ2) is 9.52. The number of carbonyl (C=O) groups excluding carboxylic acids is 2. The Morgan fingerprint density at radius 3 is 2.34 bits per heavy atom. The Kier molecular flexibility index (Phi) is 7.68. The summed E-state index contributed by atoms with van der Waals surface area (Å²) >= 11 is 0. The first-order valence-corrected chi connectivity index (χ1v) is 8.02. The number of hydrogen-bond donors (Lipinski definition) is 5. The number of methoxy groups -OCH3 is 1. The number of carbonyl (C=O) groups is 2. The first-order valence-electron chi connectivity index (χ1n) is 8.02. The molecule has 13 heteroatoms. The molecule has 0 saturated heterocycles. The van der Waals surface area contributed by atoms with Gasteiger partial charge in [0, 0.05) is 5.69 Å². The van der Waals surface area contributed by atoms with E-state index in [1.807, 2.05) is 0 Å². The molecule has 0 spiro atoms. The summed E-state index contributed by atoms with van der Waals surface area (Å²) in [6, 6.07) is 1.91. The lowest BCUT2D eigenvalue weighted by Crippen LogP contribution is -2.36. The molecule has 1 atom stereocenters. The van der Waals surface area contributed by atoms with Crippen LogP contribution in [-0.4, -0.2) is 42.5 Å². The Labute approximate surface area is 163 Å². The highest BCUT2D eigenvalue weighted by Gasteiger charge is 2.34. The molecule has 1 aromatic carbocycles. The fourth-order valence-corrected chi connectivity index (χ4v) is 2.07. The number of alkyl halides is 3. The van der Waals surface area contributed by atoms with Crippen molar-refractivity contribution >= 4 is 35.0 Å². The number of nitrogens with two attached hydrogens (primary N) is 3. The van der Waals surface area contributed by atoms with Gasteiger partial charge in [-0.2, -0.15) is 18.2 Å². The second-order valence-corrected chi connectivity index (χ2v) is 5.55. The second-order valence-electron chi connectivity index (χ2n) is 5.55. The van der Waals surface area contributed by atoms with Gasteiger partial charge in [0.2, 0.25) is 11.9 Å². The third-order valence-corrected chi connectivity index (χ3v) is 3.48. The summed E-state index contributed by atoms with van der Waals surface area (Å²) in [6.45, 7) is 1.61. The summed E-state index contributed by atoms with van der Waals surface area (Å²) in [5.74, 6) is -3.55. The van der Waals surface area contributed by atoms with Gasteiger partial charge in [0.05, 0.1) is 12.7 Å². The van der Waals surface area contributed by atoms with Crippen LogP contribution in [0.2, 0.25) is 0 Å². The first kappa shape index (κ1) is 23.4. The predicted molar refractivity (Wildman–Crippen MR) is 101 cm³/mol. The molecule has 0 unspecified atom stereocenters. The molecule has 1 aromatic rings. The zero-order valence-corrected chi connectivity index (χ0v) is 15.5. The number of ether oxygens (including phenoxy) is 1. The Morgan fingerprint density at radius 2 is 1.90 bits per heavy atom. The van der Waals surface area contributed by atoms with Gasteiger partial charge in [-0.25, -0.2) is 4.99 Å². The van der Waals surface area contributed by atoms with Crippen LogP contribution in [0.25, 0.3) is 0 Å². The number of nitrogens with one attached hydrogen (secondary N) is 2. The van der Waals surface area contributed by atoms with E-state index < -0.39 is 52.9 Å². The topological polar surface area (TPSA) is 182 Å². The van der Waals surface area contributed by atoms with Crippen molar-refractivity contribution in [3.05, 3.63) is 23.8 Å². The van der Waals surface area contributed by atoms with Crippen molar-refractivity contribution in [1.82, 2.24) is 0 Å². The lowest BCUT2D eigenvalue weighted by Gasteiger charge is -2.15. The first-order chi connectivity index (χ1) is 13.4.